The van der Waals surface area contributed by atoms with Gasteiger partial charge in [-0.3, -0.25) is 4.72 Å². The lowest BCUT2D eigenvalue weighted by Gasteiger charge is -2.16. The Kier molecular flexibility index (Phi) is 6.19. The number of alkyl halides is 6. The maximum absolute atomic E-state index is 13.0. The molecule has 2 aromatic rings. The number of carbonyl (C=O) groups is 1. The number of benzene rings is 2. The molecule has 3 nitrogen and oxygen atoms in total. The third-order valence-corrected chi connectivity index (χ3v) is 5.42. The Hall–Kier alpha value is -2.46. The molecule has 0 aliphatic heterocycles. The first-order valence-electron chi connectivity index (χ1n) is 8.69. The Morgan fingerprint density at radius 2 is 1.67 bits per heavy atom. The van der Waals surface area contributed by atoms with E-state index in [-0.39, 0.29) is 17.0 Å². The number of carboxylic acid groups (broad SMARTS) is 1. The van der Waals surface area contributed by atoms with Crippen LogP contribution in [0.25, 0.3) is 6.08 Å². The molecule has 0 spiro atoms. The maximum Gasteiger partial charge on any atom is 0.416 e. The fraction of sp³-hybridized carbons (Fsp3) is 0.250. The van der Waals surface area contributed by atoms with E-state index in [1.54, 1.807) is 12.1 Å². The molecule has 0 heterocycles. The van der Waals surface area contributed by atoms with Crippen LogP contribution in [-0.4, -0.2) is 11.1 Å². The summed E-state index contributed by atoms with van der Waals surface area (Å²) in [5, 5.41) is 8.69. The Morgan fingerprint density at radius 3 is 2.23 bits per heavy atom. The van der Waals surface area contributed by atoms with Crippen LogP contribution in [0.15, 0.2) is 47.4 Å². The van der Waals surface area contributed by atoms with E-state index in [1.807, 2.05) is 6.07 Å². The molecule has 10 heteroatoms. The van der Waals surface area contributed by atoms with Crippen molar-refractivity contribution in [3.63, 3.8) is 0 Å². The van der Waals surface area contributed by atoms with Gasteiger partial charge in [-0.1, -0.05) is 18.2 Å². The molecule has 30 heavy (non-hydrogen) atoms. The molecule has 0 saturated heterocycles. The number of hydrogen-bond donors (Lipinski definition) is 2. The number of hydrogen-bond acceptors (Lipinski definition) is 3. The molecule has 0 radical (unpaired) electrons. The van der Waals surface area contributed by atoms with Gasteiger partial charge in [-0.25, -0.2) is 4.79 Å². The van der Waals surface area contributed by atoms with Crippen LogP contribution in [0.5, 0.6) is 0 Å². The normalized spacial score (nSPS) is 16.8. The van der Waals surface area contributed by atoms with Crippen LogP contribution in [0, 0.1) is 0 Å². The Labute approximate surface area is 171 Å². The second kappa shape index (κ2) is 8.35. The lowest BCUT2D eigenvalue weighted by atomic mass is 10.0. The quantitative estimate of drug-likeness (QED) is 0.330. The summed E-state index contributed by atoms with van der Waals surface area (Å²) < 4.78 is 80.9. The number of halogens is 6. The number of aliphatic carboxylic acids is 1. The first kappa shape index (κ1) is 22.2. The van der Waals surface area contributed by atoms with Crippen molar-refractivity contribution in [2.45, 2.75) is 36.1 Å². The van der Waals surface area contributed by atoms with Crippen molar-refractivity contribution >= 4 is 24.0 Å². The first-order chi connectivity index (χ1) is 13.9. The zero-order valence-corrected chi connectivity index (χ0v) is 16.0. The van der Waals surface area contributed by atoms with Gasteiger partial charge in [0, 0.05) is 17.0 Å². The van der Waals surface area contributed by atoms with Gasteiger partial charge in [0.2, 0.25) is 0 Å². The number of rotatable bonds is 5. The molecule has 0 amide bonds. The Morgan fingerprint density at radius 1 is 1.03 bits per heavy atom. The molecular weight excluding hydrogens is 432 g/mol. The predicted molar refractivity (Wildman–Crippen MR) is 99.6 cm³/mol. The Bertz CT molecular complexity index is 952. The summed E-state index contributed by atoms with van der Waals surface area (Å²) in [6.45, 7) is 0. The van der Waals surface area contributed by atoms with E-state index in [2.05, 4.69) is 4.72 Å². The minimum atomic E-state index is -4.89. The van der Waals surface area contributed by atoms with Crippen molar-refractivity contribution in [3.05, 3.63) is 70.3 Å². The van der Waals surface area contributed by atoms with Crippen LogP contribution >= 0.6 is 11.9 Å². The monoisotopic (exact) mass is 447 g/mol. The van der Waals surface area contributed by atoms with E-state index in [9.17, 15) is 31.1 Å². The SMILES string of the molecule is O=C(O)/C=C/c1ccc2c(c1)CCC2NSc1cc(C(F)(F)F)cc(C(F)(F)F)c1. The summed E-state index contributed by atoms with van der Waals surface area (Å²) in [7, 11) is 0. The molecule has 1 aliphatic carbocycles. The van der Waals surface area contributed by atoms with Gasteiger partial charge in [0.25, 0.3) is 0 Å². The summed E-state index contributed by atoms with van der Waals surface area (Å²) in [4.78, 5) is 10.4. The number of aryl methyl sites for hydroxylation is 1. The summed E-state index contributed by atoms with van der Waals surface area (Å²) in [6.07, 6.45) is -6.07. The highest BCUT2D eigenvalue weighted by atomic mass is 32.2. The van der Waals surface area contributed by atoms with E-state index in [1.165, 1.54) is 6.08 Å². The van der Waals surface area contributed by atoms with Gasteiger partial charge >= 0.3 is 18.3 Å². The minimum absolute atomic E-state index is 0.0983. The molecule has 3 rings (SSSR count). The lowest BCUT2D eigenvalue weighted by Crippen LogP contribution is -2.13. The Balaban J connectivity index is 1.78. The number of nitrogens with one attached hydrogen (secondary N) is 1. The van der Waals surface area contributed by atoms with Gasteiger partial charge < -0.3 is 5.11 Å². The van der Waals surface area contributed by atoms with Crippen molar-refractivity contribution in [1.29, 1.82) is 0 Å². The highest BCUT2D eigenvalue weighted by molar-refractivity contribution is 7.97. The van der Waals surface area contributed by atoms with Gasteiger partial charge in [-0.15, -0.1) is 0 Å². The summed E-state index contributed by atoms with van der Waals surface area (Å²) in [6, 6.07) is 6.50. The zero-order chi connectivity index (χ0) is 22.1. The number of fused-ring (bicyclic) bond motifs is 1. The second-order valence-corrected chi connectivity index (χ2v) is 7.59. The number of carboxylic acids is 1. The molecule has 1 aliphatic rings. The largest absolute Gasteiger partial charge is 0.478 e. The molecule has 0 bridgehead atoms. The van der Waals surface area contributed by atoms with Crippen LogP contribution in [0.3, 0.4) is 0 Å². The fourth-order valence-electron chi connectivity index (χ4n) is 3.16. The standard InChI is InChI=1S/C20H15F6NO2S/c21-19(22,23)13-8-14(20(24,25)26)10-15(9-13)30-27-17-5-3-12-7-11(1-4-16(12)17)2-6-18(28)29/h1-2,4,6-10,17,27H,3,5H2,(H,28,29)/b6-2+. The average molecular weight is 447 g/mol. The maximum atomic E-state index is 13.0. The van der Waals surface area contributed by atoms with Gasteiger partial charge in [0.1, 0.15) is 0 Å². The zero-order valence-electron chi connectivity index (χ0n) is 15.1. The average Bonchev–Trinajstić information content (AvgIpc) is 3.05. The molecule has 2 aromatic carbocycles. The van der Waals surface area contributed by atoms with E-state index in [0.717, 1.165) is 29.2 Å². The molecule has 1 atom stereocenters. The van der Waals surface area contributed by atoms with E-state index >= 15 is 0 Å². The van der Waals surface area contributed by atoms with Gasteiger partial charge in [0.15, 0.2) is 0 Å². The van der Waals surface area contributed by atoms with Crippen molar-refractivity contribution < 1.29 is 36.2 Å². The van der Waals surface area contributed by atoms with Crippen molar-refractivity contribution in [1.82, 2.24) is 4.72 Å². The van der Waals surface area contributed by atoms with E-state index < -0.39 is 29.4 Å². The van der Waals surface area contributed by atoms with Gasteiger partial charge in [-0.05, 0) is 65.8 Å². The summed E-state index contributed by atoms with van der Waals surface area (Å²) in [5.41, 5.74) is -0.206. The molecule has 1 unspecified atom stereocenters. The topological polar surface area (TPSA) is 49.3 Å². The summed E-state index contributed by atoms with van der Waals surface area (Å²) >= 11 is 0.719. The molecule has 0 fully saturated rings. The highest BCUT2D eigenvalue weighted by Gasteiger charge is 2.37. The van der Waals surface area contributed by atoms with Crippen molar-refractivity contribution in [3.8, 4) is 0 Å². The second-order valence-electron chi connectivity index (χ2n) is 6.68. The van der Waals surface area contributed by atoms with Gasteiger partial charge in [0.05, 0.1) is 11.1 Å². The first-order valence-corrected chi connectivity index (χ1v) is 9.51. The fourth-order valence-corrected chi connectivity index (χ4v) is 4.05. The molecule has 0 saturated carbocycles. The van der Waals surface area contributed by atoms with Crippen LogP contribution in [0.1, 0.15) is 40.3 Å². The molecule has 2 N–H and O–H groups in total. The highest BCUT2D eigenvalue weighted by Crippen LogP contribution is 2.39. The minimum Gasteiger partial charge on any atom is -0.478 e. The third kappa shape index (κ3) is 5.37. The van der Waals surface area contributed by atoms with Crippen LogP contribution in [0.4, 0.5) is 26.3 Å². The molecule has 0 aromatic heterocycles. The summed E-state index contributed by atoms with van der Waals surface area (Å²) in [5.74, 6) is -1.08. The van der Waals surface area contributed by atoms with Gasteiger partial charge in [-0.2, -0.15) is 26.3 Å². The molecule has 160 valence electrons. The van der Waals surface area contributed by atoms with Crippen LogP contribution < -0.4 is 4.72 Å². The van der Waals surface area contributed by atoms with Crippen molar-refractivity contribution in [2.75, 3.05) is 0 Å². The predicted octanol–water partition coefficient (Wildman–Crippen LogP) is 6.11. The van der Waals surface area contributed by atoms with Crippen LogP contribution in [-0.2, 0) is 23.6 Å². The third-order valence-electron chi connectivity index (χ3n) is 4.54. The molecular formula is C20H15F6NO2S. The van der Waals surface area contributed by atoms with Crippen LogP contribution in [0.2, 0.25) is 0 Å². The van der Waals surface area contributed by atoms with E-state index in [0.29, 0.717) is 30.5 Å². The lowest BCUT2D eigenvalue weighted by molar-refractivity contribution is -0.143. The van der Waals surface area contributed by atoms with E-state index in [4.69, 9.17) is 5.11 Å². The van der Waals surface area contributed by atoms with Crippen molar-refractivity contribution in [2.24, 2.45) is 0 Å². The smallest absolute Gasteiger partial charge is 0.416 e.